The SMILES string of the molecule is CCc1ccc(O)c(NC(=O)C2CNC(=O)CN2)c1. The zero-order valence-electron chi connectivity index (χ0n) is 10.7. The standard InChI is InChI=1S/C13H17N3O3/c1-2-8-3-4-11(17)9(5-8)16-13(19)10-6-15-12(18)7-14-10/h3-5,10,14,17H,2,6-7H2,1H3,(H,15,18)(H,16,19). The summed E-state index contributed by atoms with van der Waals surface area (Å²) in [6.45, 7) is 2.37. The van der Waals surface area contributed by atoms with Gasteiger partial charge in [-0.15, -0.1) is 0 Å². The van der Waals surface area contributed by atoms with Crippen molar-refractivity contribution in [1.82, 2.24) is 10.6 Å². The summed E-state index contributed by atoms with van der Waals surface area (Å²) in [5.41, 5.74) is 1.42. The Kier molecular flexibility index (Phi) is 4.01. The Bertz CT molecular complexity index is 492. The van der Waals surface area contributed by atoms with E-state index in [2.05, 4.69) is 16.0 Å². The number of nitrogens with one attached hydrogen (secondary N) is 3. The third kappa shape index (κ3) is 3.23. The minimum atomic E-state index is -0.484. The van der Waals surface area contributed by atoms with E-state index in [0.717, 1.165) is 12.0 Å². The first kappa shape index (κ1) is 13.4. The predicted molar refractivity (Wildman–Crippen MR) is 70.9 cm³/mol. The van der Waals surface area contributed by atoms with E-state index in [-0.39, 0.29) is 30.7 Å². The Balaban J connectivity index is 2.04. The van der Waals surface area contributed by atoms with Crippen LogP contribution >= 0.6 is 0 Å². The summed E-state index contributed by atoms with van der Waals surface area (Å²) in [5, 5.41) is 17.8. The Hall–Kier alpha value is -2.08. The van der Waals surface area contributed by atoms with Crippen molar-refractivity contribution in [2.75, 3.05) is 18.4 Å². The van der Waals surface area contributed by atoms with Gasteiger partial charge in [0, 0.05) is 6.54 Å². The van der Waals surface area contributed by atoms with E-state index >= 15 is 0 Å². The molecular formula is C13H17N3O3. The van der Waals surface area contributed by atoms with Crippen LogP contribution in [0.1, 0.15) is 12.5 Å². The lowest BCUT2D eigenvalue weighted by Gasteiger charge is -2.23. The summed E-state index contributed by atoms with van der Waals surface area (Å²) in [4.78, 5) is 23.0. The number of carbonyl (C=O) groups excluding carboxylic acids is 2. The number of carbonyl (C=O) groups is 2. The molecule has 1 unspecified atom stereocenters. The molecule has 1 heterocycles. The van der Waals surface area contributed by atoms with Gasteiger partial charge in [0.25, 0.3) is 0 Å². The van der Waals surface area contributed by atoms with Gasteiger partial charge in [0.1, 0.15) is 11.8 Å². The molecule has 1 aromatic rings. The molecule has 0 spiro atoms. The molecule has 1 aliphatic rings. The molecule has 1 aromatic carbocycles. The van der Waals surface area contributed by atoms with Crippen molar-refractivity contribution in [2.24, 2.45) is 0 Å². The summed E-state index contributed by atoms with van der Waals surface area (Å²) in [7, 11) is 0. The third-order valence-electron chi connectivity index (χ3n) is 3.06. The average Bonchev–Trinajstić information content (AvgIpc) is 2.42. The number of phenols is 1. The second-order valence-corrected chi connectivity index (χ2v) is 4.43. The number of hydrogen-bond donors (Lipinski definition) is 4. The van der Waals surface area contributed by atoms with Gasteiger partial charge in [0.05, 0.1) is 12.2 Å². The van der Waals surface area contributed by atoms with Crippen LogP contribution in [0.15, 0.2) is 18.2 Å². The van der Waals surface area contributed by atoms with Gasteiger partial charge >= 0.3 is 0 Å². The largest absolute Gasteiger partial charge is 0.506 e. The number of amides is 2. The van der Waals surface area contributed by atoms with Crippen LogP contribution in [0.3, 0.4) is 0 Å². The highest BCUT2D eigenvalue weighted by molar-refractivity contribution is 5.97. The molecule has 2 rings (SSSR count). The van der Waals surface area contributed by atoms with Gasteiger partial charge in [0.2, 0.25) is 11.8 Å². The van der Waals surface area contributed by atoms with Crippen LogP contribution in [-0.2, 0) is 16.0 Å². The summed E-state index contributed by atoms with van der Waals surface area (Å²) in [5.74, 6) is -0.367. The molecule has 1 aliphatic heterocycles. The molecule has 6 heteroatoms. The van der Waals surface area contributed by atoms with Crippen molar-refractivity contribution in [3.8, 4) is 5.75 Å². The van der Waals surface area contributed by atoms with Crippen LogP contribution in [0.25, 0.3) is 0 Å². The number of anilines is 1. The molecule has 2 amide bonds. The van der Waals surface area contributed by atoms with Crippen molar-refractivity contribution in [2.45, 2.75) is 19.4 Å². The molecule has 1 saturated heterocycles. The second kappa shape index (κ2) is 5.71. The van der Waals surface area contributed by atoms with Gasteiger partial charge in [-0.1, -0.05) is 13.0 Å². The predicted octanol–water partition coefficient (Wildman–Crippen LogP) is -0.0189. The summed E-state index contributed by atoms with van der Waals surface area (Å²) < 4.78 is 0. The molecule has 19 heavy (non-hydrogen) atoms. The zero-order chi connectivity index (χ0) is 13.8. The fraction of sp³-hybridized carbons (Fsp3) is 0.385. The van der Waals surface area contributed by atoms with E-state index in [9.17, 15) is 14.7 Å². The summed E-state index contributed by atoms with van der Waals surface area (Å²) in [6.07, 6.45) is 0.820. The number of aryl methyl sites for hydroxylation is 1. The molecule has 0 aliphatic carbocycles. The topological polar surface area (TPSA) is 90.5 Å². The fourth-order valence-corrected chi connectivity index (χ4v) is 1.87. The molecule has 0 radical (unpaired) electrons. The highest BCUT2D eigenvalue weighted by Gasteiger charge is 2.24. The lowest BCUT2D eigenvalue weighted by Crippen LogP contribution is -2.56. The quantitative estimate of drug-likeness (QED) is 0.577. The van der Waals surface area contributed by atoms with Crippen LogP contribution < -0.4 is 16.0 Å². The van der Waals surface area contributed by atoms with Crippen LogP contribution in [0, 0.1) is 0 Å². The lowest BCUT2D eigenvalue weighted by molar-refractivity contribution is -0.124. The second-order valence-electron chi connectivity index (χ2n) is 4.43. The third-order valence-corrected chi connectivity index (χ3v) is 3.06. The van der Waals surface area contributed by atoms with Crippen LogP contribution in [0.5, 0.6) is 5.75 Å². The Morgan fingerprint density at radius 2 is 2.32 bits per heavy atom. The number of piperazine rings is 1. The molecule has 1 atom stereocenters. The van der Waals surface area contributed by atoms with Gasteiger partial charge in [-0.3, -0.25) is 14.9 Å². The van der Waals surface area contributed by atoms with Crippen LogP contribution in [0.4, 0.5) is 5.69 Å². The van der Waals surface area contributed by atoms with Crippen molar-refractivity contribution in [3.63, 3.8) is 0 Å². The van der Waals surface area contributed by atoms with E-state index in [1.54, 1.807) is 12.1 Å². The molecule has 1 fully saturated rings. The number of benzene rings is 1. The first-order chi connectivity index (χ1) is 9.10. The smallest absolute Gasteiger partial charge is 0.243 e. The van der Waals surface area contributed by atoms with E-state index < -0.39 is 6.04 Å². The molecule has 4 N–H and O–H groups in total. The molecule has 6 nitrogen and oxygen atoms in total. The zero-order valence-corrected chi connectivity index (χ0v) is 10.7. The highest BCUT2D eigenvalue weighted by Crippen LogP contribution is 2.24. The maximum absolute atomic E-state index is 12.0. The van der Waals surface area contributed by atoms with Gasteiger partial charge in [-0.05, 0) is 24.1 Å². The van der Waals surface area contributed by atoms with Gasteiger partial charge in [-0.25, -0.2) is 0 Å². The van der Waals surface area contributed by atoms with Crippen LogP contribution in [-0.4, -0.2) is 36.1 Å². The Labute approximate surface area is 111 Å². The maximum atomic E-state index is 12.0. The fourth-order valence-electron chi connectivity index (χ4n) is 1.87. The van der Waals surface area contributed by atoms with Crippen LogP contribution in [0.2, 0.25) is 0 Å². The van der Waals surface area contributed by atoms with E-state index in [1.165, 1.54) is 0 Å². The Morgan fingerprint density at radius 1 is 1.53 bits per heavy atom. The molecular weight excluding hydrogens is 246 g/mol. The van der Waals surface area contributed by atoms with Crippen molar-refractivity contribution in [3.05, 3.63) is 23.8 Å². The minimum Gasteiger partial charge on any atom is -0.506 e. The van der Waals surface area contributed by atoms with Crippen molar-refractivity contribution in [1.29, 1.82) is 0 Å². The first-order valence-electron chi connectivity index (χ1n) is 6.23. The summed E-state index contributed by atoms with van der Waals surface area (Å²) >= 11 is 0. The van der Waals surface area contributed by atoms with E-state index in [1.807, 2.05) is 13.0 Å². The van der Waals surface area contributed by atoms with E-state index in [4.69, 9.17) is 0 Å². The van der Waals surface area contributed by atoms with Gasteiger partial charge in [-0.2, -0.15) is 0 Å². The Morgan fingerprint density at radius 3 is 2.95 bits per heavy atom. The van der Waals surface area contributed by atoms with Gasteiger partial charge < -0.3 is 15.7 Å². The number of phenolic OH excluding ortho intramolecular Hbond substituents is 1. The van der Waals surface area contributed by atoms with Gasteiger partial charge in [0.15, 0.2) is 0 Å². The lowest BCUT2D eigenvalue weighted by atomic mass is 10.1. The molecule has 0 saturated carbocycles. The normalized spacial score (nSPS) is 18.8. The maximum Gasteiger partial charge on any atom is 0.243 e. The minimum absolute atomic E-state index is 0.0328. The van der Waals surface area contributed by atoms with Crippen molar-refractivity contribution < 1.29 is 14.7 Å². The number of aromatic hydroxyl groups is 1. The highest BCUT2D eigenvalue weighted by atomic mass is 16.3. The first-order valence-corrected chi connectivity index (χ1v) is 6.23. The molecule has 102 valence electrons. The van der Waals surface area contributed by atoms with E-state index in [0.29, 0.717) is 5.69 Å². The summed E-state index contributed by atoms with van der Waals surface area (Å²) in [6, 6.07) is 4.63. The molecule has 0 bridgehead atoms. The number of rotatable bonds is 3. The number of hydrogen-bond acceptors (Lipinski definition) is 4. The molecule has 0 aromatic heterocycles. The van der Waals surface area contributed by atoms with Crippen molar-refractivity contribution >= 4 is 17.5 Å². The monoisotopic (exact) mass is 263 g/mol. The average molecular weight is 263 g/mol.